The fourth-order valence-electron chi connectivity index (χ4n) is 3.70. The number of esters is 1. The van der Waals surface area contributed by atoms with Gasteiger partial charge in [0.1, 0.15) is 5.52 Å². The fourth-order valence-corrected chi connectivity index (χ4v) is 4.25. The van der Waals surface area contributed by atoms with Gasteiger partial charge in [0, 0.05) is 22.8 Å². The van der Waals surface area contributed by atoms with Crippen LogP contribution < -0.4 is 0 Å². The summed E-state index contributed by atoms with van der Waals surface area (Å²) in [5.41, 5.74) is 1.90. The maximum atomic E-state index is 12.4. The summed E-state index contributed by atoms with van der Waals surface area (Å²) in [6.45, 7) is 1.86. The van der Waals surface area contributed by atoms with E-state index in [1.54, 1.807) is 24.5 Å². The standard InChI is InChI=1S/C19H21BrN2O4/c20-15-9-14(10-16-17(15)22-6-5-21-16)18(23)26-11-12-1-3-13(4-2-12)19-24-7-8-25-19/h5-6,9-10,12-13,19H,1-4,7-8,11H2. The summed E-state index contributed by atoms with van der Waals surface area (Å²) >= 11 is 3.45. The monoisotopic (exact) mass is 420 g/mol. The van der Waals surface area contributed by atoms with Gasteiger partial charge in [0.05, 0.1) is 30.9 Å². The van der Waals surface area contributed by atoms with Crippen molar-refractivity contribution in [2.75, 3.05) is 19.8 Å². The lowest BCUT2D eigenvalue weighted by molar-refractivity contribution is -0.0965. The van der Waals surface area contributed by atoms with Crippen LogP contribution in [-0.4, -0.2) is 42.0 Å². The zero-order valence-corrected chi connectivity index (χ0v) is 16.0. The highest BCUT2D eigenvalue weighted by atomic mass is 79.9. The number of hydrogen-bond donors (Lipinski definition) is 0. The van der Waals surface area contributed by atoms with Gasteiger partial charge in [-0.2, -0.15) is 0 Å². The smallest absolute Gasteiger partial charge is 0.338 e. The summed E-state index contributed by atoms with van der Waals surface area (Å²) in [4.78, 5) is 20.9. The molecule has 0 amide bonds. The van der Waals surface area contributed by atoms with Crippen molar-refractivity contribution in [3.63, 3.8) is 0 Å². The van der Waals surface area contributed by atoms with Crippen LogP contribution >= 0.6 is 15.9 Å². The van der Waals surface area contributed by atoms with Gasteiger partial charge in [-0.25, -0.2) is 4.79 Å². The third-order valence-corrected chi connectivity index (χ3v) is 5.74. The summed E-state index contributed by atoms with van der Waals surface area (Å²) < 4.78 is 17.5. The van der Waals surface area contributed by atoms with Crippen molar-refractivity contribution in [2.24, 2.45) is 11.8 Å². The van der Waals surface area contributed by atoms with E-state index in [0.717, 1.165) is 35.7 Å². The van der Waals surface area contributed by atoms with Crippen LogP contribution in [0.5, 0.6) is 0 Å². The van der Waals surface area contributed by atoms with Crippen molar-refractivity contribution < 1.29 is 19.0 Å². The number of carbonyl (C=O) groups is 1. The Morgan fingerprint density at radius 3 is 2.62 bits per heavy atom. The van der Waals surface area contributed by atoms with E-state index in [2.05, 4.69) is 25.9 Å². The number of ether oxygens (including phenoxy) is 3. The van der Waals surface area contributed by atoms with E-state index >= 15 is 0 Å². The second-order valence-electron chi connectivity index (χ2n) is 6.87. The van der Waals surface area contributed by atoms with E-state index in [1.807, 2.05) is 0 Å². The molecular formula is C19H21BrN2O4. The molecule has 138 valence electrons. The van der Waals surface area contributed by atoms with Gasteiger partial charge in [-0.15, -0.1) is 0 Å². The van der Waals surface area contributed by atoms with E-state index in [9.17, 15) is 4.79 Å². The average Bonchev–Trinajstić information content (AvgIpc) is 3.21. The van der Waals surface area contributed by atoms with Gasteiger partial charge >= 0.3 is 5.97 Å². The van der Waals surface area contributed by atoms with Gasteiger partial charge in [-0.3, -0.25) is 9.97 Å². The van der Waals surface area contributed by atoms with Crippen LogP contribution in [0.15, 0.2) is 29.0 Å². The van der Waals surface area contributed by atoms with Gasteiger partial charge in [0.25, 0.3) is 0 Å². The summed E-state index contributed by atoms with van der Waals surface area (Å²) in [6, 6.07) is 3.46. The predicted octanol–water partition coefficient (Wildman–Crippen LogP) is 3.73. The minimum Gasteiger partial charge on any atom is -0.462 e. The van der Waals surface area contributed by atoms with Crippen molar-refractivity contribution in [2.45, 2.75) is 32.0 Å². The maximum absolute atomic E-state index is 12.4. The van der Waals surface area contributed by atoms with Crippen LogP contribution in [-0.2, 0) is 14.2 Å². The first-order chi connectivity index (χ1) is 12.7. The van der Waals surface area contributed by atoms with Crippen molar-refractivity contribution in [3.05, 3.63) is 34.6 Å². The molecule has 4 rings (SSSR count). The highest BCUT2D eigenvalue weighted by molar-refractivity contribution is 9.10. The van der Waals surface area contributed by atoms with E-state index in [-0.39, 0.29) is 12.3 Å². The SMILES string of the molecule is O=C(OCC1CCC(C2OCCO2)CC1)c1cc(Br)c2nccnc2c1. The Bertz CT molecular complexity index is 786. The third kappa shape index (κ3) is 3.89. The summed E-state index contributed by atoms with van der Waals surface area (Å²) in [6.07, 6.45) is 7.40. The maximum Gasteiger partial charge on any atom is 0.338 e. The second-order valence-corrected chi connectivity index (χ2v) is 7.73. The Morgan fingerprint density at radius 1 is 1.12 bits per heavy atom. The molecule has 2 aromatic rings. The van der Waals surface area contributed by atoms with Crippen molar-refractivity contribution in [1.82, 2.24) is 9.97 Å². The molecule has 1 saturated carbocycles. The molecule has 0 unspecified atom stereocenters. The molecule has 0 radical (unpaired) electrons. The molecule has 1 aliphatic heterocycles. The number of nitrogens with zero attached hydrogens (tertiary/aromatic N) is 2. The van der Waals surface area contributed by atoms with Crippen LogP contribution in [0.4, 0.5) is 0 Å². The zero-order valence-electron chi connectivity index (χ0n) is 14.4. The molecule has 1 saturated heterocycles. The van der Waals surface area contributed by atoms with Crippen LogP contribution in [0.2, 0.25) is 0 Å². The largest absolute Gasteiger partial charge is 0.462 e. The third-order valence-electron chi connectivity index (χ3n) is 5.14. The Balaban J connectivity index is 1.32. The number of aromatic nitrogens is 2. The average molecular weight is 421 g/mol. The molecule has 6 nitrogen and oxygen atoms in total. The molecule has 26 heavy (non-hydrogen) atoms. The summed E-state index contributed by atoms with van der Waals surface area (Å²) in [5, 5.41) is 0. The molecule has 0 atom stereocenters. The molecule has 2 aliphatic rings. The normalized spacial score (nSPS) is 24.0. The van der Waals surface area contributed by atoms with Gasteiger partial charge in [0.2, 0.25) is 0 Å². The van der Waals surface area contributed by atoms with E-state index in [1.165, 1.54) is 0 Å². The topological polar surface area (TPSA) is 70.5 Å². The number of rotatable bonds is 4. The molecule has 1 aliphatic carbocycles. The summed E-state index contributed by atoms with van der Waals surface area (Å²) in [5.74, 6) is 0.558. The highest BCUT2D eigenvalue weighted by Gasteiger charge is 2.31. The molecule has 0 N–H and O–H groups in total. The van der Waals surface area contributed by atoms with Gasteiger partial charge in [0.15, 0.2) is 6.29 Å². The Morgan fingerprint density at radius 2 is 1.85 bits per heavy atom. The Kier molecular flexibility index (Phi) is 5.47. The molecule has 0 spiro atoms. The molecule has 2 heterocycles. The number of benzene rings is 1. The Labute approximate surface area is 160 Å². The van der Waals surface area contributed by atoms with Crippen molar-refractivity contribution >= 4 is 32.9 Å². The van der Waals surface area contributed by atoms with Gasteiger partial charge in [-0.1, -0.05) is 0 Å². The fraction of sp³-hybridized carbons (Fsp3) is 0.526. The van der Waals surface area contributed by atoms with E-state index < -0.39 is 0 Å². The number of hydrogen-bond acceptors (Lipinski definition) is 6. The van der Waals surface area contributed by atoms with Crippen LogP contribution in [0, 0.1) is 11.8 Å². The minimum atomic E-state index is -0.317. The van der Waals surface area contributed by atoms with Crippen LogP contribution in [0.1, 0.15) is 36.0 Å². The Hall–Kier alpha value is -1.57. The van der Waals surface area contributed by atoms with Gasteiger partial charge in [-0.05, 0) is 59.7 Å². The molecule has 7 heteroatoms. The number of carbonyl (C=O) groups excluding carboxylic acids is 1. The lowest BCUT2D eigenvalue weighted by Crippen LogP contribution is -2.28. The van der Waals surface area contributed by atoms with Crippen LogP contribution in [0.25, 0.3) is 11.0 Å². The highest BCUT2D eigenvalue weighted by Crippen LogP contribution is 2.34. The first kappa shape index (κ1) is 17.8. The second kappa shape index (κ2) is 7.98. The lowest BCUT2D eigenvalue weighted by Gasteiger charge is -2.30. The molecular weight excluding hydrogens is 400 g/mol. The predicted molar refractivity (Wildman–Crippen MR) is 98.7 cm³/mol. The molecule has 1 aromatic carbocycles. The van der Waals surface area contributed by atoms with E-state index in [0.29, 0.717) is 42.7 Å². The van der Waals surface area contributed by atoms with Crippen LogP contribution in [0.3, 0.4) is 0 Å². The zero-order chi connectivity index (χ0) is 17.9. The number of halogens is 1. The first-order valence-corrected chi connectivity index (χ1v) is 9.80. The molecule has 0 bridgehead atoms. The summed E-state index contributed by atoms with van der Waals surface area (Å²) in [7, 11) is 0. The lowest BCUT2D eigenvalue weighted by atomic mass is 9.82. The first-order valence-electron chi connectivity index (χ1n) is 9.01. The molecule has 2 fully saturated rings. The van der Waals surface area contributed by atoms with Gasteiger partial charge < -0.3 is 14.2 Å². The van der Waals surface area contributed by atoms with Crippen molar-refractivity contribution in [3.8, 4) is 0 Å². The van der Waals surface area contributed by atoms with E-state index in [4.69, 9.17) is 14.2 Å². The number of fused-ring (bicyclic) bond motifs is 1. The molecule has 1 aromatic heterocycles. The minimum absolute atomic E-state index is 0.0328. The quantitative estimate of drug-likeness (QED) is 0.701. The van der Waals surface area contributed by atoms with Crippen molar-refractivity contribution in [1.29, 1.82) is 0 Å².